The van der Waals surface area contributed by atoms with Crippen molar-refractivity contribution in [3.05, 3.63) is 78.3 Å². The molecule has 3 atom stereocenters. The second-order valence-corrected chi connectivity index (χ2v) is 11.2. The number of H-pyrrole nitrogens is 1. The number of Topliss-reactive ketones (excluding diaryl/α,β-unsaturated/α-hetero) is 1. The van der Waals surface area contributed by atoms with Crippen molar-refractivity contribution in [3.63, 3.8) is 0 Å². The van der Waals surface area contributed by atoms with Crippen molar-refractivity contribution in [3.8, 4) is 22.4 Å². The maximum atomic E-state index is 13.2. The number of piperidine rings is 1. The van der Waals surface area contributed by atoms with E-state index in [9.17, 15) is 14.4 Å². The van der Waals surface area contributed by atoms with Gasteiger partial charge in [-0.3, -0.25) is 19.4 Å². The van der Waals surface area contributed by atoms with E-state index in [1.165, 1.54) is 24.7 Å². The normalized spacial score (nSPS) is 19.5. The lowest BCUT2D eigenvalue weighted by Crippen LogP contribution is -2.46. The number of nitrogens with one attached hydrogen (secondary N) is 2. The van der Waals surface area contributed by atoms with Crippen LogP contribution in [-0.2, 0) is 4.79 Å². The maximum Gasteiger partial charge on any atom is 0.292 e. The third-order valence-corrected chi connectivity index (χ3v) is 8.44. The first kappa shape index (κ1) is 26.6. The molecule has 12 heteroatoms. The van der Waals surface area contributed by atoms with Crippen LogP contribution in [0.25, 0.3) is 28.0 Å². The molecule has 2 bridgehead atoms. The summed E-state index contributed by atoms with van der Waals surface area (Å²) in [6, 6.07) is 13.8. The molecule has 0 radical (unpaired) electrons. The highest BCUT2D eigenvalue weighted by Gasteiger charge is 2.46. The minimum atomic E-state index is -0.320. The van der Waals surface area contributed by atoms with Crippen LogP contribution in [0.15, 0.2) is 61.2 Å². The summed E-state index contributed by atoms with van der Waals surface area (Å²) in [5, 5.41) is 15.1. The number of carbonyl (C=O) groups is 3. The zero-order chi connectivity index (χ0) is 29.7. The SMILES string of the molecule is CC(=O)Nc1c(C(C)=O)c([C@H]2C[C@H]3CC[C@@H](C2)N3C(=O)c2nnc[nH]2)nc2c(-c3ccc(-c4ccccc4)nc3)cnn12. The number of anilines is 1. The van der Waals surface area contributed by atoms with Gasteiger partial charge >= 0.3 is 0 Å². The third-order valence-electron chi connectivity index (χ3n) is 8.44. The van der Waals surface area contributed by atoms with E-state index < -0.39 is 0 Å². The maximum absolute atomic E-state index is 13.2. The van der Waals surface area contributed by atoms with Crippen molar-refractivity contribution in [2.75, 3.05) is 5.32 Å². The number of rotatable bonds is 6. The average Bonchev–Trinajstić information content (AvgIpc) is 3.75. The van der Waals surface area contributed by atoms with Crippen molar-refractivity contribution in [2.45, 2.75) is 57.5 Å². The zero-order valence-electron chi connectivity index (χ0n) is 23.7. The summed E-state index contributed by atoms with van der Waals surface area (Å²) >= 11 is 0. The van der Waals surface area contributed by atoms with Crippen molar-refractivity contribution in [1.82, 2.24) is 39.7 Å². The van der Waals surface area contributed by atoms with Crippen LogP contribution in [0.1, 0.15) is 72.1 Å². The Bertz CT molecular complexity index is 1840. The summed E-state index contributed by atoms with van der Waals surface area (Å²) in [4.78, 5) is 53.3. The molecular weight excluding hydrogens is 546 g/mol. The number of amides is 2. The number of ketones is 1. The van der Waals surface area contributed by atoms with E-state index in [1.807, 2.05) is 47.4 Å². The summed E-state index contributed by atoms with van der Waals surface area (Å²) in [5.74, 6) is -0.280. The van der Waals surface area contributed by atoms with Gasteiger partial charge in [-0.25, -0.2) is 4.98 Å². The zero-order valence-corrected chi connectivity index (χ0v) is 23.7. The molecule has 0 spiro atoms. The highest BCUT2D eigenvalue weighted by Crippen LogP contribution is 2.45. The van der Waals surface area contributed by atoms with Gasteiger partial charge < -0.3 is 15.2 Å². The van der Waals surface area contributed by atoms with E-state index in [0.29, 0.717) is 35.6 Å². The summed E-state index contributed by atoms with van der Waals surface area (Å²) < 4.78 is 1.53. The molecule has 0 saturated carbocycles. The number of carbonyl (C=O) groups excluding carboxylic acids is 3. The number of hydrogen-bond donors (Lipinski definition) is 2. The molecule has 0 aliphatic carbocycles. The molecule has 43 heavy (non-hydrogen) atoms. The molecule has 0 unspecified atom stereocenters. The van der Waals surface area contributed by atoms with E-state index >= 15 is 0 Å². The van der Waals surface area contributed by atoms with Crippen molar-refractivity contribution >= 4 is 29.1 Å². The minimum absolute atomic E-state index is 0.0255. The first-order valence-electron chi connectivity index (χ1n) is 14.3. The first-order chi connectivity index (χ1) is 20.9. The minimum Gasteiger partial charge on any atom is -0.330 e. The van der Waals surface area contributed by atoms with Crippen LogP contribution in [0.3, 0.4) is 0 Å². The largest absolute Gasteiger partial charge is 0.330 e. The predicted molar refractivity (Wildman–Crippen MR) is 157 cm³/mol. The van der Waals surface area contributed by atoms with Gasteiger partial charge in [0, 0.05) is 47.8 Å². The monoisotopic (exact) mass is 575 g/mol. The van der Waals surface area contributed by atoms with Gasteiger partial charge in [-0.2, -0.15) is 9.61 Å². The average molecular weight is 576 g/mol. The molecule has 5 aromatic rings. The van der Waals surface area contributed by atoms with Crippen molar-refractivity contribution in [2.24, 2.45) is 0 Å². The quantitative estimate of drug-likeness (QED) is 0.285. The fourth-order valence-electron chi connectivity index (χ4n) is 6.64. The molecule has 2 aliphatic rings. The van der Waals surface area contributed by atoms with Crippen LogP contribution in [0, 0.1) is 0 Å². The molecule has 2 saturated heterocycles. The van der Waals surface area contributed by atoms with Gasteiger partial charge in [0.15, 0.2) is 11.4 Å². The van der Waals surface area contributed by atoms with Crippen molar-refractivity contribution < 1.29 is 14.4 Å². The van der Waals surface area contributed by atoms with Crippen molar-refractivity contribution in [1.29, 1.82) is 0 Å². The van der Waals surface area contributed by atoms with E-state index in [0.717, 1.165) is 35.2 Å². The summed E-state index contributed by atoms with van der Waals surface area (Å²) in [7, 11) is 0. The second-order valence-electron chi connectivity index (χ2n) is 11.2. The lowest BCUT2D eigenvalue weighted by atomic mass is 9.85. The Morgan fingerprint density at radius 2 is 1.72 bits per heavy atom. The molecule has 7 rings (SSSR count). The van der Waals surface area contributed by atoms with Gasteiger partial charge in [-0.15, -0.1) is 10.2 Å². The van der Waals surface area contributed by atoms with E-state index in [1.54, 1.807) is 12.4 Å². The summed E-state index contributed by atoms with van der Waals surface area (Å²) in [5.41, 5.74) is 4.87. The van der Waals surface area contributed by atoms with Crippen LogP contribution in [0.4, 0.5) is 5.82 Å². The Balaban J connectivity index is 1.31. The Morgan fingerprint density at radius 1 is 0.953 bits per heavy atom. The molecule has 2 aliphatic heterocycles. The number of pyridine rings is 1. The fraction of sp³-hybridized carbons (Fsp3) is 0.290. The molecule has 2 fully saturated rings. The van der Waals surface area contributed by atoms with Gasteiger partial charge in [-0.05, 0) is 38.7 Å². The third kappa shape index (κ3) is 4.64. The van der Waals surface area contributed by atoms with E-state index in [-0.39, 0.29) is 41.4 Å². The summed E-state index contributed by atoms with van der Waals surface area (Å²) in [6.45, 7) is 2.88. The van der Waals surface area contributed by atoms with Gasteiger partial charge in [0.2, 0.25) is 11.7 Å². The van der Waals surface area contributed by atoms with Gasteiger partial charge in [-0.1, -0.05) is 36.4 Å². The number of benzene rings is 1. The predicted octanol–water partition coefficient (Wildman–Crippen LogP) is 4.29. The standard InChI is InChI=1S/C31H29N9O3/c1-17(41)26-27(21-12-22-9-10-23(13-21)39(22)31(43)28-33-16-34-38-28)37-29-24(15-35-40(29)30(26)36-18(2)42)20-8-11-25(32-14-20)19-6-4-3-5-7-19/h3-8,11,14-16,21-23H,9-10,12-13H2,1-2H3,(H,36,42)(H,33,34,38)/t21-,22+,23-. The number of fused-ring (bicyclic) bond motifs is 3. The molecule has 216 valence electrons. The lowest BCUT2D eigenvalue weighted by molar-refractivity contribution is -0.114. The van der Waals surface area contributed by atoms with Crippen LogP contribution in [-0.4, -0.2) is 69.3 Å². The highest BCUT2D eigenvalue weighted by atomic mass is 16.2. The van der Waals surface area contributed by atoms with E-state index in [2.05, 4.69) is 30.6 Å². The van der Waals surface area contributed by atoms with Crippen LogP contribution < -0.4 is 5.32 Å². The number of hydrogen-bond acceptors (Lipinski definition) is 8. The van der Waals surface area contributed by atoms with Crippen LogP contribution in [0.2, 0.25) is 0 Å². The van der Waals surface area contributed by atoms with Crippen LogP contribution >= 0.6 is 0 Å². The fourth-order valence-corrected chi connectivity index (χ4v) is 6.64. The number of aromatic nitrogens is 7. The second kappa shape index (κ2) is 10.5. The summed E-state index contributed by atoms with van der Waals surface area (Å²) in [6.07, 6.45) is 7.85. The van der Waals surface area contributed by atoms with E-state index in [4.69, 9.17) is 4.98 Å². The van der Waals surface area contributed by atoms with Gasteiger partial charge in [0.1, 0.15) is 12.1 Å². The highest BCUT2D eigenvalue weighted by molar-refractivity contribution is 6.04. The molecule has 2 amide bonds. The van der Waals surface area contributed by atoms with Crippen LogP contribution in [0.5, 0.6) is 0 Å². The number of nitrogens with zero attached hydrogens (tertiary/aromatic N) is 7. The smallest absolute Gasteiger partial charge is 0.292 e. The Labute approximate surface area is 246 Å². The molecule has 6 heterocycles. The molecule has 4 aromatic heterocycles. The molecular formula is C31H29N9O3. The van der Waals surface area contributed by atoms with Gasteiger partial charge in [0.05, 0.1) is 23.1 Å². The number of aromatic amines is 1. The Kier molecular flexibility index (Phi) is 6.52. The molecule has 1 aromatic carbocycles. The van der Waals surface area contributed by atoms with Gasteiger partial charge in [0.25, 0.3) is 5.91 Å². The Hall–Kier alpha value is -5.26. The Morgan fingerprint density at radius 3 is 2.35 bits per heavy atom. The lowest BCUT2D eigenvalue weighted by Gasteiger charge is -2.38. The molecule has 2 N–H and O–H groups in total. The first-order valence-corrected chi connectivity index (χ1v) is 14.3. The topological polar surface area (TPSA) is 151 Å². The molecule has 12 nitrogen and oxygen atoms in total.